The molecule has 0 saturated carbocycles. The number of rotatable bonds is 1. The van der Waals surface area contributed by atoms with Crippen LogP contribution in [0, 0.1) is 6.92 Å². The third kappa shape index (κ3) is 2.83. The Morgan fingerprint density at radius 1 is 1.27 bits per heavy atom. The van der Waals surface area contributed by atoms with Gasteiger partial charge in [-0.1, -0.05) is 12.1 Å². The highest BCUT2D eigenvalue weighted by molar-refractivity contribution is 5.97. The molecule has 1 aromatic heterocycles. The molecule has 4 rings (SSSR count). The first-order valence-corrected chi connectivity index (χ1v) is 8.83. The minimum atomic E-state index is -0.469. The van der Waals surface area contributed by atoms with E-state index in [4.69, 9.17) is 4.74 Å². The fourth-order valence-electron chi connectivity index (χ4n) is 3.73. The summed E-state index contributed by atoms with van der Waals surface area (Å²) in [5.41, 5.74) is 1.48. The molecule has 1 aromatic carbocycles. The summed E-state index contributed by atoms with van der Waals surface area (Å²) < 4.78 is 7.94. The molecular formula is C19H22N4O3. The monoisotopic (exact) mass is 354 g/mol. The van der Waals surface area contributed by atoms with Crippen molar-refractivity contribution in [2.45, 2.75) is 25.4 Å². The number of fused-ring (bicyclic) bond motifs is 1. The van der Waals surface area contributed by atoms with Gasteiger partial charge in [0.05, 0.1) is 23.4 Å². The maximum Gasteiger partial charge on any atom is 0.257 e. The molecule has 2 aromatic rings. The van der Waals surface area contributed by atoms with Gasteiger partial charge in [0.25, 0.3) is 11.8 Å². The number of hydrogen-bond acceptors (Lipinski definition) is 4. The SMILES string of the molecule is Cc1nn(C)cc1C(=O)N1CCC2(CC1)CNC(=O)c1ccccc1O2. The molecule has 3 heterocycles. The average molecular weight is 354 g/mol. The van der Waals surface area contributed by atoms with Gasteiger partial charge in [0.1, 0.15) is 11.4 Å². The number of carbonyl (C=O) groups excluding carboxylic acids is 2. The van der Waals surface area contributed by atoms with Crippen LogP contribution in [0.3, 0.4) is 0 Å². The second-order valence-corrected chi connectivity index (χ2v) is 7.06. The number of piperidine rings is 1. The maximum absolute atomic E-state index is 12.8. The van der Waals surface area contributed by atoms with Crippen LogP contribution in [0.15, 0.2) is 30.5 Å². The van der Waals surface area contributed by atoms with Crippen LogP contribution in [0.2, 0.25) is 0 Å². The lowest BCUT2D eigenvalue weighted by molar-refractivity contribution is 0.00769. The summed E-state index contributed by atoms with van der Waals surface area (Å²) in [6.07, 6.45) is 3.11. The highest BCUT2D eigenvalue weighted by atomic mass is 16.5. The van der Waals surface area contributed by atoms with Crippen LogP contribution in [0.25, 0.3) is 0 Å². The maximum atomic E-state index is 12.8. The topological polar surface area (TPSA) is 76.5 Å². The molecule has 2 amide bonds. The highest BCUT2D eigenvalue weighted by Crippen LogP contribution is 2.33. The Labute approximate surface area is 151 Å². The van der Waals surface area contributed by atoms with Crippen molar-refractivity contribution < 1.29 is 14.3 Å². The number of amides is 2. The number of nitrogens with one attached hydrogen (secondary N) is 1. The van der Waals surface area contributed by atoms with E-state index < -0.39 is 5.60 Å². The number of carbonyl (C=O) groups is 2. The van der Waals surface area contributed by atoms with Crippen molar-refractivity contribution in [2.75, 3.05) is 19.6 Å². The molecule has 7 nitrogen and oxygen atoms in total. The number of nitrogens with zero attached hydrogens (tertiary/aromatic N) is 3. The van der Waals surface area contributed by atoms with Gasteiger partial charge in [-0.3, -0.25) is 14.3 Å². The van der Waals surface area contributed by atoms with Gasteiger partial charge in [-0.2, -0.15) is 5.10 Å². The molecule has 1 fully saturated rings. The Balaban J connectivity index is 1.50. The molecule has 136 valence electrons. The number of ether oxygens (including phenoxy) is 1. The molecule has 26 heavy (non-hydrogen) atoms. The molecule has 7 heteroatoms. The predicted octanol–water partition coefficient (Wildman–Crippen LogP) is 1.53. The average Bonchev–Trinajstić information content (AvgIpc) is 2.91. The minimum absolute atomic E-state index is 0.00325. The van der Waals surface area contributed by atoms with Gasteiger partial charge in [-0.05, 0) is 19.1 Å². The van der Waals surface area contributed by atoms with Crippen LogP contribution in [0.5, 0.6) is 5.75 Å². The fourth-order valence-corrected chi connectivity index (χ4v) is 3.73. The van der Waals surface area contributed by atoms with E-state index in [0.29, 0.717) is 49.4 Å². The normalized spacial score (nSPS) is 18.7. The van der Waals surface area contributed by atoms with E-state index in [9.17, 15) is 9.59 Å². The lowest BCUT2D eigenvalue weighted by atomic mass is 9.90. The summed E-state index contributed by atoms with van der Waals surface area (Å²) in [6, 6.07) is 7.30. The highest BCUT2D eigenvalue weighted by Gasteiger charge is 2.41. The van der Waals surface area contributed by atoms with E-state index in [-0.39, 0.29) is 11.8 Å². The summed E-state index contributed by atoms with van der Waals surface area (Å²) in [4.78, 5) is 26.9. The van der Waals surface area contributed by atoms with Gasteiger partial charge in [0, 0.05) is 39.2 Å². The van der Waals surface area contributed by atoms with Crippen molar-refractivity contribution in [1.29, 1.82) is 0 Å². The third-order valence-electron chi connectivity index (χ3n) is 5.24. The van der Waals surface area contributed by atoms with E-state index in [0.717, 1.165) is 5.69 Å². The fraction of sp³-hybridized carbons (Fsp3) is 0.421. The number of aryl methyl sites for hydroxylation is 2. The molecule has 0 atom stereocenters. The number of para-hydroxylation sites is 1. The largest absolute Gasteiger partial charge is 0.484 e. The second-order valence-electron chi connectivity index (χ2n) is 7.06. The van der Waals surface area contributed by atoms with E-state index in [1.54, 1.807) is 16.9 Å². The summed E-state index contributed by atoms with van der Waals surface area (Å²) in [5.74, 6) is 0.510. The van der Waals surface area contributed by atoms with E-state index in [1.807, 2.05) is 37.1 Å². The molecular weight excluding hydrogens is 332 g/mol. The van der Waals surface area contributed by atoms with Crippen molar-refractivity contribution in [3.8, 4) is 5.75 Å². The number of benzene rings is 1. The number of likely N-dealkylation sites (tertiary alicyclic amines) is 1. The standard InChI is InChI=1S/C19H22N4O3/c1-13-15(11-22(2)21-13)18(25)23-9-7-19(8-10-23)12-20-17(24)14-5-3-4-6-16(14)26-19/h3-6,11H,7-10,12H2,1-2H3,(H,20,24). The van der Waals surface area contributed by atoms with Crippen molar-refractivity contribution >= 4 is 11.8 Å². The summed E-state index contributed by atoms with van der Waals surface area (Å²) in [7, 11) is 1.81. The second kappa shape index (κ2) is 6.16. The Bertz CT molecular complexity index is 865. The summed E-state index contributed by atoms with van der Waals surface area (Å²) >= 11 is 0. The molecule has 1 saturated heterocycles. The zero-order valence-corrected chi connectivity index (χ0v) is 15.0. The van der Waals surface area contributed by atoms with Gasteiger partial charge in [0.15, 0.2) is 0 Å². The molecule has 0 radical (unpaired) electrons. The molecule has 2 aliphatic heterocycles. The quantitative estimate of drug-likeness (QED) is 0.843. The lowest BCUT2D eigenvalue weighted by Crippen LogP contribution is -2.54. The first-order valence-electron chi connectivity index (χ1n) is 8.83. The predicted molar refractivity (Wildman–Crippen MR) is 95.2 cm³/mol. The molecule has 0 aliphatic carbocycles. The zero-order chi connectivity index (χ0) is 18.3. The molecule has 0 unspecified atom stereocenters. The lowest BCUT2D eigenvalue weighted by Gasteiger charge is -2.41. The van der Waals surface area contributed by atoms with Crippen molar-refractivity contribution in [3.63, 3.8) is 0 Å². The smallest absolute Gasteiger partial charge is 0.257 e. The molecule has 0 bridgehead atoms. The van der Waals surface area contributed by atoms with Gasteiger partial charge in [-0.15, -0.1) is 0 Å². The van der Waals surface area contributed by atoms with Crippen LogP contribution >= 0.6 is 0 Å². The van der Waals surface area contributed by atoms with Crippen LogP contribution in [-0.2, 0) is 7.05 Å². The molecule has 2 aliphatic rings. The van der Waals surface area contributed by atoms with Crippen LogP contribution in [0.4, 0.5) is 0 Å². The Hall–Kier alpha value is -2.83. The van der Waals surface area contributed by atoms with Crippen molar-refractivity contribution in [3.05, 3.63) is 47.3 Å². The van der Waals surface area contributed by atoms with Gasteiger partial charge in [-0.25, -0.2) is 0 Å². The van der Waals surface area contributed by atoms with Gasteiger partial charge < -0.3 is 15.0 Å². The first kappa shape index (κ1) is 16.6. The van der Waals surface area contributed by atoms with E-state index >= 15 is 0 Å². The van der Waals surface area contributed by atoms with Crippen molar-refractivity contribution in [1.82, 2.24) is 20.0 Å². The van der Waals surface area contributed by atoms with Crippen LogP contribution in [0.1, 0.15) is 39.3 Å². The van der Waals surface area contributed by atoms with Gasteiger partial charge >= 0.3 is 0 Å². The minimum Gasteiger partial charge on any atom is -0.484 e. The van der Waals surface area contributed by atoms with Crippen LogP contribution in [-0.4, -0.2) is 51.7 Å². The van der Waals surface area contributed by atoms with E-state index in [1.165, 1.54) is 0 Å². The number of hydrogen-bond donors (Lipinski definition) is 1. The van der Waals surface area contributed by atoms with Crippen LogP contribution < -0.4 is 10.1 Å². The van der Waals surface area contributed by atoms with Crippen molar-refractivity contribution in [2.24, 2.45) is 7.05 Å². The molecule has 1 spiro atoms. The van der Waals surface area contributed by atoms with Gasteiger partial charge in [0.2, 0.25) is 0 Å². The summed E-state index contributed by atoms with van der Waals surface area (Å²) in [5, 5.41) is 7.22. The summed E-state index contributed by atoms with van der Waals surface area (Å²) in [6.45, 7) is 3.48. The Morgan fingerprint density at radius 2 is 2.00 bits per heavy atom. The molecule has 1 N–H and O–H groups in total. The third-order valence-corrected chi connectivity index (χ3v) is 5.24. The zero-order valence-electron chi connectivity index (χ0n) is 15.0. The Morgan fingerprint density at radius 3 is 2.69 bits per heavy atom. The Kier molecular flexibility index (Phi) is 3.94. The number of aromatic nitrogens is 2. The first-order chi connectivity index (χ1) is 12.5. The van der Waals surface area contributed by atoms with E-state index in [2.05, 4.69) is 10.4 Å².